The number of halogens is 2. The molecule has 1 heterocycles. The molecule has 1 aromatic heterocycles. The van der Waals surface area contributed by atoms with Crippen LogP contribution < -0.4 is 5.73 Å². The van der Waals surface area contributed by atoms with Gasteiger partial charge in [0, 0.05) is 12.7 Å². The number of rotatable bonds is 3. The van der Waals surface area contributed by atoms with Crippen LogP contribution in [0.5, 0.6) is 0 Å². The third-order valence-electron chi connectivity index (χ3n) is 2.57. The van der Waals surface area contributed by atoms with E-state index in [0.29, 0.717) is 17.8 Å². The molecule has 94 valence electrons. The minimum atomic E-state index is -0.466. The molecule has 2 rings (SSSR count). The van der Waals surface area contributed by atoms with E-state index in [1.165, 1.54) is 6.07 Å². The van der Waals surface area contributed by atoms with Gasteiger partial charge in [0.25, 0.3) is 0 Å². The number of aromatic nitrogens is 1. The summed E-state index contributed by atoms with van der Waals surface area (Å²) in [5.41, 5.74) is 6.70. The van der Waals surface area contributed by atoms with Gasteiger partial charge in [-0.15, -0.1) is 0 Å². The molecule has 0 bridgehead atoms. The van der Waals surface area contributed by atoms with Crippen molar-refractivity contribution in [3.8, 4) is 0 Å². The van der Waals surface area contributed by atoms with E-state index < -0.39 is 5.82 Å². The second-order valence-electron chi connectivity index (χ2n) is 3.72. The normalized spacial score (nSPS) is 11.8. The number of nitrogens with zero attached hydrogens (tertiary/aromatic N) is 2. The van der Waals surface area contributed by atoms with Crippen LogP contribution in [0.15, 0.2) is 41.7 Å². The van der Waals surface area contributed by atoms with Crippen LogP contribution in [0.3, 0.4) is 0 Å². The summed E-state index contributed by atoms with van der Waals surface area (Å²) in [6, 6.07) is 8.06. The van der Waals surface area contributed by atoms with Gasteiger partial charge in [0.1, 0.15) is 5.82 Å². The second-order valence-corrected chi connectivity index (χ2v) is 4.10. The fraction of sp³-hybridized carbons (Fsp3) is 0.0833. The van der Waals surface area contributed by atoms with Crippen molar-refractivity contribution in [2.75, 3.05) is 0 Å². The van der Waals surface area contributed by atoms with Crippen LogP contribution >= 0.6 is 11.6 Å². The van der Waals surface area contributed by atoms with E-state index in [9.17, 15) is 4.39 Å². The summed E-state index contributed by atoms with van der Waals surface area (Å²) in [4.78, 5) is 0. The SMILES string of the molecule is N/C(=N/O)c1cccn1Cc1cccc(F)c1Cl. The van der Waals surface area contributed by atoms with E-state index in [-0.39, 0.29) is 10.9 Å². The minimum absolute atomic E-state index is 0.00692. The Morgan fingerprint density at radius 2 is 2.17 bits per heavy atom. The Bertz CT molecular complexity index is 595. The molecule has 0 aliphatic rings. The van der Waals surface area contributed by atoms with Crippen LogP contribution in [0.4, 0.5) is 4.39 Å². The highest BCUT2D eigenvalue weighted by molar-refractivity contribution is 6.31. The summed E-state index contributed by atoms with van der Waals surface area (Å²) < 4.78 is 15.0. The summed E-state index contributed by atoms with van der Waals surface area (Å²) >= 11 is 5.88. The first-order valence-corrected chi connectivity index (χ1v) is 5.57. The number of amidine groups is 1. The molecule has 0 aliphatic heterocycles. The molecule has 6 heteroatoms. The predicted molar refractivity (Wildman–Crippen MR) is 67.5 cm³/mol. The highest BCUT2D eigenvalue weighted by Gasteiger charge is 2.10. The Hall–Kier alpha value is -2.01. The average molecular weight is 268 g/mol. The maximum atomic E-state index is 13.3. The predicted octanol–water partition coefficient (Wildman–Crippen LogP) is 2.42. The van der Waals surface area contributed by atoms with E-state index in [0.717, 1.165) is 0 Å². The van der Waals surface area contributed by atoms with Gasteiger partial charge in [-0.05, 0) is 23.8 Å². The lowest BCUT2D eigenvalue weighted by atomic mass is 10.2. The lowest BCUT2D eigenvalue weighted by Gasteiger charge is -2.10. The van der Waals surface area contributed by atoms with Gasteiger partial charge in [-0.1, -0.05) is 28.9 Å². The Balaban J connectivity index is 2.35. The first-order chi connectivity index (χ1) is 8.63. The van der Waals surface area contributed by atoms with Crippen LogP contribution in [0, 0.1) is 5.82 Å². The van der Waals surface area contributed by atoms with Gasteiger partial charge in [0.05, 0.1) is 10.7 Å². The van der Waals surface area contributed by atoms with Crippen molar-refractivity contribution in [1.29, 1.82) is 0 Å². The highest BCUT2D eigenvalue weighted by Crippen LogP contribution is 2.21. The van der Waals surface area contributed by atoms with Crippen molar-refractivity contribution in [1.82, 2.24) is 4.57 Å². The Morgan fingerprint density at radius 1 is 1.39 bits per heavy atom. The molecule has 0 atom stereocenters. The zero-order chi connectivity index (χ0) is 13.1. The van der Waals surface area contributed by atoms with Crippen molar-refractivity contribution in [3.05, 3.63) is 58.6 Å². The minimum Gasteiger partial charge on any atom is -0.409 e. The fourth-order valence-electron chi connectivity index (χ4n) is 1.69. The lowest BCUT2D eigenvalue weighted by molar-refractivity contribution is 0.318. The van der Waals surface area contributed by atoms with Gasteiger partial charge in [0.2, 0.25) is 0 Å². The molecule has 0 radical (unpaired) electrons. The Morgan fingerprint density at radius 3 is 2.89 bits per heavy atom. The molecule has 0 aliphatic carbocycles. The molecule has 3 N–H and O–H groups in total. The maximum absolute atomic E-state index is 13.3. The zero-order valence-corrected chi connectivity index (χ0v) is 10.1. The summed E-state index contributed by atoms with van der Waals surface area (Å²) in [5.74, 6) is -0.473. The highest BCUT2D eigenvalue weighted by atomic mass is 35.5. The monoisotopic (exact) mass is 267 g/mol. The van der Waals surface area contributed by atoms with Crippen LogP contribution in [-0.2, 0) is 6.54 Å². The summed E-state index contributed by atoms with van der Waals surface area (Å²) in [6.45, 7) is 0.342. The summed E-state index contributed by atoms with van der Waals surface area (Å²) in [6.07, 6.45) is 1.74. The summed E-state index contributed by atoms with van der Waals surface area (Å²) in [5, 5.41) is 11.7. The van der Waals surface area contributed by atoms with E-state index in [1.807, 2.05) is 0 Å². The molecule has 0 saturated carbocycles. The summed E-state index contributed by atoms with van der Waals surface area (Å²) in [7, 11) is 0. The van der Waals surface area contributed by atoms with Gasteiger partial charge >= 0.3 is 0 Å². The largest absolute Gasteiger partial charge is 0.409 e. The van der Waals surface area contributed by atoms with Crippen molar-refractivity contribution >= 4 is 17.4 Å². The first kappa shape index (κ1) is 12.4. The van der Waals surface area contributed by atoms with Gasteiger partial charge in [-0.25, -0.2) is 4.39 Å². The van der Waals surface area contributed by atoms with Gasteiger partial charge < -0.3 is 15.5 Å². The molecule has 18 heavy (non-hydrogen) atoms. The third kappa shape index (κ3) is 2.31. The molecule has 4 nitrogen and oxygen atoms in total. The smallest absolute Gasteiger partial charge is 0.186 e. The maximum Gasteiger partial charge on any atom is 0.186 e. The standard InChI is InChI=1S/C12H11ClFN3O/c13-11-8(3-1-4-9(11)14)7-17-6-2-5-10(17)12(15)16-18/h1-6,18H,7H2,(H2,15,16). The van der Waals surface area contributed by atoms with Gasteiger partial charge in [-0.3, -0.25) is 0 Å². The number of oxime groups is 1. The average Bonchev–Trinajstić information content (AvgIpc) is 2.82. The molecule has 2 aromatic rings. The van der Waals surface area contributed by atoms with Crippen molar-refractivity contribution in [3.63, 3.8) is 0 Å². The van der Waals surface area contributed by atoms with Crippen LogP contribution in [0.25, 0.3) is 0 Å². The fourth-order valence-corrected chi connectivity index (χ4v) is 1.88. The van der Waals surface area contributed by atoms with E-state index >= 15 is 0 Å². The molecule has 0 spiro atoms. The topological polar surface area (TPSA) is 63.5 Å². The van der Waals surface area contributed by atoms with Crippen molar-refractivity contribution < 1.29 is 9.60 Å². The molecular formula is C12H11ClFN3O. The van der Waals surface area contributed by atoms with E-state index in [1.54, 1.807) is 35.0 Å². The van der Waals surface area contributed by atoms with Crippen molar-refractivity contribution in [2.24, 2.45) is 10.9 Å². The quantitative estimate of drug-likeness (QED) is 0.388. The lowest BCUT2D eigenvalue weighted by Crippen LogP contribution is -2.18. The first-order valence-electron chi connectivity index (χ1n) is 5.19. The number of hydrogen-bond acceptors (Lipinski definition) is 2. The molecular weight excluding hydrogens is 257 g/mol. The van der Waals surface area contributed by atoms with E-state index in [4.69, 9.17) is 22.5 Å². The second kappa shape index (κ2) is 5.10. The molecule has 0 fully saturated rings. The number of hydrogen-bond donors (Lipinski definition) is 2. The number of benzene rings is 1. The Labute approximate surface area is 108 Å². The Kier molecular flexibility index (Phi) is 3.53. The van der Waals surface area contributed by atoms with Crippen LogP contribution in [-0.4, -0.2) is 15.6 Å². The molecule has 0 amide bonds. The molecule has 0 unspecified atom stereocenters. The van der Waals surface area contributed by atoms with Crippen molar-refractivity contribution in [2.45, 2.75) is 6.54 Å². The van der Waals surface area contributed by atoms with Crippen LogP contribution in [0.2, 0.25) is 5.02 Å². The molecule has 0 saturated heterocycles. The molecule has 1 aromatic carbocycles. The van der Waals surface area contributed by atoms with Crippen LogP contribution in [0.1, 0.15) is 11.3 Å². The number of nitrogens with two attached hydrogens (primary N) is 1. The third-order valence-corrected chi connectivity index (χ3v) is 3.00. The zero-order valence-electron chi connectivity index (χ0n) is 9.35. The van der Waals surface area contributed by atoms with Gasteiger partial charge in [0.15, 0.2) is 5.84 Å². The van der Waals surface area contributed by atoms with Gasteiger partial charge in [-0.2, -0.15) is 0 Å². The van der Waals surface area contributed by atoms with E-state index in [2.05, 4.69) is 5.16 Å².